The number of ether oxygens (including phenoxy) is 2. The molecule has 1 fully saturated rings. The maximum absolute atomic E-state index is 12.5. The summed E-state index contributed by atoms with van der Waals surface area (Å²) in [6.07, 6.45) is 0.344. The van der Waals surface area contributed by atoms with Crippen LogP contribution in [0.2, 0.25) is 0 Å². The van der Waals surface area contributed by atoms with Crippen molar-refractivity contribution in [1.82, 2.24) is 9.62 Å². The van der Waals surface area contributed by atoms with Gasteiger partial charge in [0.05, 0.1) is 4.90 Å². The van der Waals surface area contributed by atoms with Crippen LogP contribution in [0.5, 0.6) is 11.5 Å². The number of hydrogen-bond donors (Lipinski definition) is 1. The number of amides is 1. The Morgan fingerprint density at radius 3 is 2.67 bits per heavy atom. The maximum Gasteiger partial charge on any atom is 0.240 e. The number of rotatable bonds is 6. The van der Waals surface area contributed by atoms with E-state index < -0.39 is 10.0 Å². The lowest BCUT2D eigenvalue weighted by Gasteiger charge is -2.17. The van der Waals surface area contributed by atoms with Gasteiger partial charge in [0, 0.05) is 32.1 Å². The first kappa shape index (κ1) is 17.8. The van der Waals surface area contributed by atoms with E-state index in [4.69, 9.17) is 9.47 Å². The lowest BCUT2D eigenvalue weighted by Crippen LogP contribution is -2.31. The Labute approximate surface area is 157 Å². The van der Waals surface area contributed by atoms with Crippen molar-refractivity contribution in [3.63, 3.8) is 0 Å². The molecule has 2 heterocycles. The van der Waals surface area contributed by atoms with E-state index in [0.29, 0.717) is 31.0 Å². The molecule has 8 heteroatoms. The number of carbonyl (C=O) groups is 1. The number of benzene rings is 2. The number of carbonyl (C=O) groups excluding carboxylic acids is 1. The zero-order valence-electron chi connectivity index (χ0n) is 14.6. The largest absolute Gasteiger partial charge is 0.454 e. The van der Waals surface area contributed by atoms with E-state index in [1.807, 2.05) is 30.3 Å². The molecule has 0 bridgehead atoms. The number of sulfonamides is 1. The van der Waals surface area contributed by atoms with Gasteiger partial charge in [0.25, 0.3) is 0 Å². The van der Waals surface area contributed by atoms with Crippen molar-refractivity contribution in [2.24, 2.45) is 5.92 Å². The van der Waals surface area contributed by atoms with Crippen LogP contribution in [0.1, 0.15) is 12.0 Å². The lowest BCUT2D eigenvalue weighted by atomic mass is 10.1. The lowest BCUT2D eigenvalue weighted by molar-refractivity contribution is -0.128. The molecule has 4 rings (SSSR count). The molecule has 2 aromatic rings. The summed E-state index contributed by atoms with van der Waals surface area (Å²) in [6, 6.07) is 14.3. The van der Waals surface area contributed by atoms with E-state index in [0.717, 1.165) is 5.56 Å². The molecule has 2 aliphatic rings. The van der Waals surface area contributed by atoms with Crippen molar-refractivity contribution in [1.29, 1.82) is 0 Å². The minimum atomic E-state index is -3.68. The molecule has 7 nitrogen and oxygen atoms in total. The smallest absolute Gasteiger partial charge is 0.240 e. The SMILES string of the molecule is O=C1CC(CNS(=O)(=O)c2ccc3c(c2)OCO3)CN1Cc1ccccc1. The van der Waals surface area contributed by atoms with Gasteiger partial charge in [-0.05, 0) is 23.6 Å². The second kappa shape index (κ2) is 7.21. The number of hydrogen-bond acceptors (Lipinski definition) is 5. The van der Waals surface area contributed by atoms with Crippen molar-refractivity contribution in [3.8, 4) is 11.5 Å². The number of nitrogens with one attached hydrogen (secondary N) is 1. The van der Waals surface area contributed by atoms with E-state index in [1.54, 1.807) is 11.0 Å². The second-order valence-corrected chi connectivity index (χ2v) is 8.46. The fourth-order valence-electron chi connectivity index (χ4n) is 3.30. The average molecular weight is 388 g/mol. The minimum Gasteiger partial charge on any atom is -0.454 e. The Balaban J connectivity index is 1.36. The van der Waals surface area contributed by atoms with Crippen LogP contribution in [-0.2, 0) is 21.4 Å². The van der Waals surface area contributed by atoms with Crippen molar-refractivity contribution in [2.45, 2.75) is 17.9 Å². The molecule has 2 aromatic carbocycles. The first-order valence-corrected chi connectivity index (χ1v) is 10.2. The number of fused-ring (bicyclic) bond motifs is 1. The Morgan fingerprint density at radius 1 is 1.07 bits per heavy atom. The van der Waals surface area contributed by atoms with Gasteiger partial charge in [0.1, 0.15) is 0 Å². The van der Waals surface area contributed by atoms with E-state index >= 15 is 0 Å². The molecule has 27 heavy (non-hydrogen) atoms. The molecule has 0 spiro atoms. The predicted molar refractivity (Wildman–Crippen MR) is 97.7 cm³/mol. The summed E-state index contributed by atoms with van der Waals surface area (Å²) >= 11 is 0. The molecule has 1 unspecified atom stereocenters. The van der Waals surface area contributed by atoms with E-state index in [-0.39, 0.29) is 30.1 Å². The van der Waals surface area contributed by atoms with Gasteiger partial charge >= 0.3 is 0 Å². The van der Waals surface area contributed by atoms with Crippen molar-refractivity contribution in [3.05, 3.63) is 54.1 Å². The first-order valence-electron chi connectivity index (χ1n) is 8.72. The van der Waals surface area contributed by atoms with Crippen LogP contribution < -0.4 is 14.2 Å². The van der Waals surface area contributed by atoms with Crippen molar-refractivity contribution in [2.75, 3.05) is 19.9 Å². The van der Waals surface area contributed by atoms with Gasteiger partial charge < -0.3 is 14.4 Å². The summed E-state index contributed by atoms with van der Waals surface area (Å²) < 4.78 is 38.1. The molecule has 2 aliphatic heterocycles. The molecule has 1 atom stereocenters. The molecule has 1 N–H and O–H groups in total. The quantitative estimate of drug-likeness (QED) is 0.815. The highest BCUT2D eigenvalue weighted by Gasteiger charge is 2.30. The molecule has 1 saturated heterocycles. The standard InChI is InChI=1S/C19H20N2O5S/c22-19-8-15(12-21(19)11-14-4-2-1-3-5-14)10-20-27(23,24)16-6-7-17-18(9-16)26-13-25-17/h1-7,9,15,20H,8,10-13H2. The van der Waals surface area contributed by atoms with Gasteiger partial charge in [-0.1, -0.05) is 30.3 Å². The number of likely N-dealkylation sites (tertiary alicyclic amines) is 1. The van der Waals surface area contributed by atoms with E-state index in [2.05, 4.69) is 4.72 Å². The molecule has 1 amide bonds. The highest BCUT2D eigenvalue weighted by atomic mass is 32.2. The third kappa shape index (κ3) is 3.91. The zero-order valence-corrected chi connectivity index (χ0v) is 15.4. The zero-order chi connectivity index (χ0) is 18.9. The predicted octanol–water partition coefficient (Wildman–Crippen LogP) is 1.74. The monoisotopic (exact) mass is 388 g/mol. The van der Waals surface area contributed by atoms with Gasteiger partial charge in [-0.2, -0.15) is 0 Å². The molecule has 0 radical (unpaired) electrons. The van der Waals surface area contributed by atoms with Crippen LogP contribution in [0.4, 0.5) is 0 Å². The summed E-state index contributed by atoms with van der Waals surface area (Å²) in [5.41, 5.74) is 1.06. The second-order valence-electron chi connectivity index (χ2n) is 6.70. The van der Waals surface area contributed by atoms with Crippen LogP contribution in [0.15, 0.2) is 53.4 Å². The number of nitrogens with zero attached hydrogens (tertiary/aromatic N) is 1. The Kier molecular flexibility index (Phi) is 4.75. The molecular formula is C19H20N2O5S. The van der Waals surface area contributed by atoms with Gasteiger partial charge in [-0.3, -0.25) is 4.79 Å². The summed E-state index contributed by atoms with van der Waals surface area (Å²) in [6.45, 7) is 1.39. The van der Waals surface area contributed by atoms with Crippen LogP contribution >= 0.6 is 0 Å². The highest BCUT2D eigenvalue weighted by Crippen LogP contribution is 2.33. The van der Waals surface area contributed by atoms with Gasteiger partial charge in [0.2, 0.25) is 22.7 Å². The normalized spacial score (nSPS) is 18.9. The molecular weight excluding hydrogens is 368 g/mol. The highest BCUT2D eigenvalue weighted by molar-refractivity contribution is 7.89. The Morgan fingerprint density at radius 2 is 1.85 bits per heavy atom. The average Bonchev–Trinajstić information content (AvgIpc) is 3.27. The fourth-order valence-corrected chi connectivity index (χ4v) is 4.43. The molecule has 0 saturated carbocycles. The molecule has 0 aromatic heterocycles. The molecule has 0 aliphatic carbocycles. The maximum atomic E-state index is 12.5. The van der Waals surface area contributed by atoms with Crippen molar-refractivity contribution < 1.29 is 22.7 Å². The molecule has 142 valence electrons. The Bertz CT molecular complexity index is 946. The minimum absolute atomic E-state index is 0.0473. The summed E-state index contributed by atoms with van der Waals surface area (Å²) in [7, 11) is -3.68. The summed E-state index contributed by atoms with van der Waals surface area (Å²) in [4.78, 5) is 14.1. The topological polar surface area (TPSA) is 84.9 Å². The van der Waals surface area contributed by atoms with E-state index in [9.17, 15) is 13.2 Å². The Hall–Kier alpha value is -2.58. The fraction of sp³-hybridized carbons (Fsp3) is 0.316. The van der Waals surface area contributed by atoms with Crippen LogP contribution in [0.25, 0.3) is 0 Å². The first-order chi connectivity index (χ1) is 13.0. The van der Waals surface area contributed by atoms with Crippen LogP contribution in [-0.4, -0.2) is 39.1 Å². The summed E-state index contributed by atoms with van der Waals surface area (Å²) in [5, 5.41) is 0. The third-order valence-corrected chi connectivity index (χ3v) is 6.15. The van der Waals surface area contributed by atoms with E-state index in [1.165, 1.54) is 12.1 Å². The van der Waals surface area contributed by atoms with Gasteiger partial charge in [0.15, 0.2) is 11.5 Å². The van der Waals surface area contributed by atoms with Crippen molar-refractivity contribution >= 4 is 15.9 Å². The van der Waals surface area contributed by atoms with Crippen LogP contribution in [0.3, 0.4) is 0 Å². The van der Waals surface area contributed by atoms with Crippen LogP contribution in [0, 0.1) is 5.92 Å². The summed E-state index contributed by atoms with van der Waals surface area (Å²) in [5.74, 6) is 0.950. The van der Waals surface area contributed by atoms with Gasteiger partial charge in [-0.25, -0.2) is 13.1 Å². The third-order valence-electron chi connectivity index (χ3n) is 4.73. The van der Waals surface area contributed by atoms with Gasteiger partial charge in [-0.15, -0.1) is 0 Å².